The third-order valence-electron chi connectivity index (χ3n) is 11.0. The van der Waals surface area contributed by atoms with E-state index in [0.717, 1.165) is 25.1 Å². The van der Waals surface area contributed by atoms with Gasteiger partial charge in [-0.15, -0.1) is 0 Å². The van der Waals surface area contributed by atoms with E-state index >= 15 is 0 Å². The van der Waals surface area contributed by atoms with Crippen LogP contribution in [0.1, 0.15) is 86.8 Å². The van der Waals surface area contributed by atoms with E-state index < -0.39 is 17.4 Å². The molecule has 4 heterocycles. The molecule has 1 unspecified atom stereocenters. The van der Waals surface area contributed by atoms with Crippen LogP contribution in [0.5, 0.6) is 0 Å². The monoisotopic (exact) mass is 640 g/mol. The molecule has 0 radical (unpaired) electrons. The van der Waals surface area contributed by atoms with Gasteiger partial charge in [0.2, 0.25) is 0 Å². The van der Waals surface area contributed by atoms with Gasteiger partial charge in [-0.05, 0) is 68.0 Å². The second-order valence-electron chi connectivity index (χ2n) is 14.1. The maximum absolute atomic E-state index is 14.4. The quantitative estimate of drug-likeness (QED) is 0.328. The lowest BCUT2D eigenvalue weighted by atomic mass is 9.71. The van der Waals surface area contributed by atoms with Gasteiger partial charge in [-0.25, -0.2) is 15.2 Å². The summed E-state index contributed by atoms with van der Waals surface area (Å²) < 4.78 is 51.0. The topological polar surface area (TPSA) is 57.4 Å². The SMILES string of the molecule is COC1CN(Cc2cc(C(F)(F)F)c3cn(-c4cccc([C@@H](C5CCC5)C5N(C)CNN5C5CCCCCCC5)c4)c(=O)n3c2)C1. The number of fused-ring (bicyclic) bond motifs is 1. The first kappa shape index (κ1) is 31.9. The number of hydrazine groups is 1. The second-order valence-corrected chi connectivity index (χ2v) is 14.1. The van der Waals surface area contributed by atoms with Crippen LogP contribution in [-0.2, 0) is 17.5 Å². The highest BCUT2D eigenvalue weighted by atomic mass is 19.4. The van der Waals surface area contributed by atoms with Gasteiger partial charge in [0.1, 0.15) is 0 Å². The Balaban J connectivity index is 1.24. The van der Waals surface area contributed by atoms with Crippen LogP contribution < -0.4 is 11.1 Å². The fraction of sp³-hybridized carbons (Fsp3) is 0.629. The van der Waals surface area contributed by atoms with Crippen LogP contribution in [0.2, 0.25) is 0 Å². The average Bonchev–Trinajstić information content (AvgIpc) is 3.50. The minimum atomic E-state index is -4.60. The van der Waals surface area contributed by atoms with E-state index in [1.807, 2.05) is 23.1 Å². The Morgan fingerprint density at radius 3 is 2.39 bits per heavy atom. The van der Waals surface area contributed by atoms with Crippen molar-refractivity contribution in [1.29, 1.82) is 0 Å². The highest BCUT2D eigenvalue weighted by molar-refractivity contribution is 5.58. The van der Waals surface area contributed by atoms with Gasteiger partial charge in [0.25, 0.3) is 0 Å². The van der Waals surface area contributed by atoms with Crippen molar-refractivity contribution in [2.45, 2.75) is 101 Å². The molecule has 3 aromatic rings. The molecule has 8 nitrogen and oxygen atoms in total. The number of ether oxygens (including phenoxy) is 1. The molecule has 0 spiro atoms. The number of hydrogen-bond donors (Lipinski definition) is 1. The van der Waals surface area contributed by atoms with E-state index in [2.05, 4.69) is 28.4 Å². The zero-order valence-electron chi connectivity index (χ0n) is 27.0. The number of methoxy groups -OCH3 is 1. The van der Waals surface area contributed by atoms with Gasteiger partial charge in [-0.1, -0.05) is 50.7 Å². The largest absolute Gasteiger partial charge is 0.418 e. The molecule has 4 aliphatic rings. The van der Waals surface area contributed by atoms with Crippen LogP contribution in [-0.4, -0.2) is 76.0 Å². The van der Waals surface area contributed by atoms with Gasteiger partial charge in [0, 0.05) is 51.1 Å². The summed E-state index contributed by atoms with van der Waals surface area (Å²) in [6.45, 7) is 2.44. The number of likely N-dealkylation sites (tertiary alicyclic amines) is 1. The Kier molecular flexibility index (Phi) is 9.06. The third-order valence-corrected chi connectivity index (χ3v) is 11.0. The summed E-state index contributed by atoms with van der Waals surface area (Å²) in [5, 5.41) is 2.53. The second kappa shape index (κ2) is 13.1. The molecule has 1 N–H and O–H groups in total. The molecular formula is C35H47F3N6O2. The normalized spacial score (nSPS) is 24.2. The molecule has 4 fully saturated rings. The summed E-state index contributed by atoms with van der Waals surface area (Å²) in [5.41, 5.74) is 4.52. The number of pyridine rings is 1. The number of likely N-dealkylation sites (N-methyl/N-ethyl adjacent to an activating group) is 1. The molecule has 2 aromatic heterocycles. The summed E-state index contributed by atoms with van der Waals surface area (Å²) >= 11 is 0. The first-order valence-corrected chi connectivity index (χ1v) is 17.1. The average molecular weight is 641 g/mol. The Hall–Kier alpha value is -2.70. The minimum Gasteiger partial charge on any atom is -0.379 e. The molecule has 1 aromatic carbocycles. The Labute approximate surface area is 269 Å². The van der Waals surface area contributed by atoms with Crippen LogP contribution in [0.3, 0.4) is 0 Å². The van der Waals surface area contributed by atoms with Gasteiger partial charge in [0.05, 0.1) is 35.7 Å². The molecule has 11 heteroatoms. The number of rotatable bonds is 8. The number of nitrogens with one attached hydrogen (secondary N) is 1. The predicted molar refractivity (Wildman–Crippen MR) is 172 cm³/mol. The fourth-order valence-electron chi connectivity index (χ4n) is 8.27. The van der Waals surface area contributed by atoms with Gasteiger partial charge >= 0.3 is 11.9 Å². The van der Waals surface area contributed by atoms with Crippen LogP contribution in [0.25, 0.3) is 11.2 Å². The third kappa shape index (κ3) is 6.17. The first-order chi connectivity index (χ1) is 22.2. The highest BCUT2D eigenvalue weighted by Crippen LogP contribution is 2.45. The number of hydrogen-bond acceptors (Lipinski definition) is 6. The Morgan fingerprint density at radius 1 is 0.978 bits per heavy atom. The molecule has 250 valence electrons. The van der Waals surface area contributed by atoms with E-state index in [9.17, 15) is 18.0 Å². The number of imidazole rings is 1. The maximum Gasteiger partial charge on any atom is 0.418 e. The van der Waals surface area contributed by atoms with Crippen molar-refractivity contribution >= 4 is 5.52 Å². The molecule has 2 saturated carbocycles. The van der Waals surface area contributed by atoms with Crippen LogP contribution in [0.15, 0.2) is 47.5 Å². The number of halogens is 3. The van der Waals surface area contributed by atoms with Crippen LogP contribution in [0, 0.1) is 5.92 Å². The minimum absolute atomic E-state index is 0.0919. The van der Waals surface area contributed by atoms with Gasteiger partial charge < -0.3 is 4.74 Å². The molecule has 2 atom stereocenters. The van der Waals surface area contributed by atoms with Crippen LogP contribution >= 0.6 is 0 Å². The lowest BCUT2D eigenvalue weighted by molar-refractivity contribution is -0.136. The van der Waals surface area contributed by atoms with E-state index in [0.29, 0.717) is 42.8 Å². The summed E-state index contributed by atoms with van der Waals surface area (Å²) in [6.07, 6.45) is 10.9. The summed E-state index contributed by atoms with van der Waals surface area (Å²) in [4.78, 5) is 18.3. The first-order valence-electron chi connectivity index (χ1n) is 17.1. The molecular weight excluding hydrogens is 593 g/mol. The Morgan fingerprint density at radius 2 is 1.72 bits per heavy atom. The van der Waals surface area contributed by atoms with E-state index in [1.165, 1.54) is 72.6 Å². The van der Waals surface area contributed by atoms with Crippen molar-refractivity contribution in [3.05, 3.63) is 69.9 Å². The maximum atomic E-state index is 14.4. The Bertz CT molecular complexity index is 1570. The number of alkyl halides is 3. The molecule has 2 saturated heterocycles. The number of nitrogens with zero attached hydrogens (tertiary/aromatic N) is 5. The van der Waals surface area contributed by atoms with Crippen molar-refractivity contribution in [2.75, 3.05) is 33.9 Å². The van der Waals surface area contributed by atoms with Crippen molar-refractivity contribution in [3.8, 4) is 5.69 Å². The lowest BCUT2D eigenvalue weighted by Crippen LogP contribution is -2.52. The molecule has 0 bridgehead atoms. The van der Waals surface area contributed by atoms with Gasteiger partial charge in [-0.2, -0.15) is 13.2 Å². The van der Waals surface area contributed by atoms with Crippen molar-refractivity contribution < 1.29 is 17.9 Å². The van der Waals surface area contributed by atoms with Gasteiger partial charge in [-0.3, -0.25) is 18.8 Å². The smallest absolute Gasteiger partial charge is 0.379 e. The fourth-order valence-corrected chi connectivity index (χ4v) is 8.27. The molecule has 2 aliphatic carbocycles. The van der Waals surface area contributed by atoms with E-state index in [4.69, 9.17) is 4.74 Å². The highest BCUT2D eigenvalue weighted by Gasteiger charge is 2.44. The van der Waals surface area contributed by atoms with Crippen molar-refractivity contribution in [2.24, 2.45) is 5.92 Å². The number of aromatic nitrogens is 2. The lowest BCUT2D eigenvalue weighted by Gasteiger charge is -2.45. The standard InChI is InChI=1S/C35H47F3N6O2/c1-40-23-39-44(27-13-6-4-3-5-7-14-27)33(40)32(25-10-8-11-25)26-12-9-15-28(17-26)42-22-31-30(35(36,37)38)16-24(19-43(31)34(42)45)18-41-20-29(21-41)46-2/h9,12,15-17,19,22,25,27,29,32-33,39H,3-8,10-11,13-14,18,20-21,23H2,1-2H3/t32-,33?/m1/s1. The van der Waals surface area contributed by atoms with E-state index in [1.54, 1.807) is 13.3 Å². The zero-order valence-corrected chi connectivity index (χ0v) is 27.0. The molecule has 46 heavy (non-hydrogen) atoms. The summed E-state index contributed by atoms with van der Waals surface area (Å²) in [5.74, 6) is 0.735. The predicted octanol–water partition coefficient (Wildman–Crippen LogP) is 5.97. The van der Waals surface area contributed by atoms with Crippen LogP contribution in [0.4, 0.5) is 13.2 Å². The van der Waals surface area contributed by atoms with Gasteiger partial charge in [0.15, 0.2) is 0 Å². The molecule has 0 amide bonds. The summed E-state index contributed by atoms with van der Waals surface area (Å²) in [6, 6.07) is 9.66. The molecule has 7 rings (SSSR count). The van der Waals surface area contributed by atoms with Crippen molar-refractivity contribution in [3.63, 3.8) is 0 Å². The molecule has 2 aliphatic heterocycles. The van der Waals surface area contributed by atoms with Crippen molar-refractivity contribution in [1.82, 2.24) is 29.2 Å². The zero-order chi connectivity index (χ0) is 32.0. The summed E-state index contributed by atoms with van der Waals surface area (Å²) in [7, 11) is 3.83. The van der Waals surface area contributed by atoms with E-state index in [-0.39, 0.29) is 23.7 Å². The number of benzene rings is 1.